The standard InChI is InChI=1S/C26H34N4O4/c1-5-8-21-23(14-13-20(24(21)32)22(31)17-26(2,3)4)34-16-7-6-15-33-19-11-9-18(10-12-19)25-27-29-30-28-25/h9-14,32H,5-8,15-17H2,1-4H3,(H,27,28,29,30). The van der Waals surface area contributed by atoms with E-state index in [0.717, 1.165) is 30.6 Å². The van der Waals surface area contributed by atoms with Gasteiger partial charge in [-0.25, -0.2) is 0 Å². The number of H-pyrrole nitrogens is 1. The summed E-state index contributed by atoms with van der Waals surface area (Å²) < 4.78 is 11.8. The fourth-order valence-corrected chi connectivity index (χ4v) is 3.61. The molecule has 0 aliphatic rings. The van der Waals surface area contributed by atoms with Gasteiger partial charge in [-0.3, -0.25) is 4.79 Å². The number of nitrogens with one attached hydrogen (secondary N) is 1. The molecule has 0 saturated carbocycles. The molecule has 0 amide bonds. The van der Waals surface area contributed by atoms with Crippen molar-refractivity contribution < 1.29 is 19.4 Å². The molecule has 0 fully saturated rings. The van der Waals surface area contributed by atoms with Crippen LogP contribution in [0.1, 0.15) is 69.3 Å². The van der Waals surface area contributed by atoms with E-state index in [2.05, 4.69) is 20.6 Å². The Labute approximate surface area is 200 Å². The highest BCUT2D eigenvalue weighted by atomic mass is 16.5. The molecule has 1 aromatic heterocycles. The van der Waals surface area contributed by atoms with Crippen LogP contribution < -0.4 is 9.47 Å². The molecule has 0 aliphatic carbocycles. The molecule has 3 rings (SSSR count). The van der Waals surface area contributed by atoms with Gasteiger partial charge in [-0.1, -0.05) is 34.1 Å². The van der Waals surface area contributed by atoms with Gasteiger partial charge in [0.25, 0.3) is 0 Å². The maximum Gasteiger partial charge on any atom is 0.204 e. The Kier molecular flexibility index (Phi) is 8.62. The minimum absolute atomic E-state index is 0.0450. The maximum absolute atomic E-state index is 12.7. The van der Waals surface area contributed by atoms with E-state index < -0.39 is 0 Å². The second-order valence-corrected chi connectivity index (χ2v) is 9.51. The van der Waals surface area contributed by atoms with Crippen LogP contribution in [-0.4, -0.2) is 44.7 Å². The summed E-state index contributed by atoms with van der Waals surface area (Å²) in [5, 5.41) is 24.7. The Hall–Kier alpha value is -3.42. The number of carbonyl (C=O) groups excluding carboxylic acids is 1. The fraction of sp³-hybridized carbons (Fsp3) is 0.462. The van der Waals surface area contributed by atoms with Gasteiger partial charge in [0.1, 0.15) is 17.2 Å². The predicted molar refractivity (Wildman–Crippen MR) is 130 cm³/mol. The summed E-state index contributed by atoms with van der Waals surface area (Å²) in [5.41, 5.74) is 1.82. The zero-order chi connectivity index (χ0) is 24.6. The monoisotopic (exact) mass is 466 g/mol. The molecule has 2 aromatic carbocycles. The van der Waals surface area contributed by atoms with E-state index in [9.17, 15) is 9.90 Å². The van der Waals surface area contributed by atoms with Crippen LogP contribution in [0.15, 0.2) is 36.4 Å². The third-order valence-electron chi connectivity index (χ3n) is 5.25. The lowest BCUT2D eigenvalue weighted by Crippen LogP contribution is -2.14. The average Bonchev–Trinajstić information content (AvgIpc) is 3.32. The number of unbranched alkanes of at least 4 members (excludes halogenated alkanes) is 1. The molecule has 0 bridgehead atoms. The van der Waals surface area contributed by atoms with E-state index in [4.69, 9.17) is 9.47 Å². The molecule has 0 saturated heterocycles. The molecule has 3 aromatic rings. The Morgan fingerprint density at radius 2 is 1.74 bits per heavy atom. The van der Waals surface area contributed by atoms with E-state index in [1.165, 1.54) is 0 Å². The number of nitrogens with zero attached hydrogens (tertiary/aromatic N) is 3. The molecule has 34 heavy (non-hydrogen) atoms. The molecular weight excluding hydrogens is 432 g/mol. The van der Waals surface area contributed by atoms with Gasteiger partial charge in [0.15, 0.2) is 5.78 Å². The number of phenols is 1. The van der Waals surface area contributed by atoms with Crippen molar-refractivity contribution in [1.82, 2.24) is 20.6 Å². The van der Waals surface area contributed by atoms with Crippen molar-refractivity contribution in [1.29, 1.82) is 0 Å². The quantitative estimate of drug-likeness (QED) is 0.272. The van der Waals surface area contributed by atoms with E-state index >= 15 is 0 Å². The number of hydrogen-bond donors (Lipinski definition) is 2. The van der Waals surface area contributed by atoms with Crippen molar-refractivity contribution in [2.24, 2.45) is 5.41 Å². The number of benzene rings is 2. The van der Waals surface area contributed by atoms with Crippen LogP contribution in [0.25, 0.3) is 11.4 Å². The number of Topliss-reactive ketones (excluding diaryl/α,β-unsaturated/α-hetero) is 1. The van der Waals surface area contributed by atoms with Crippen LogP contribution in [0.5, 0.6) is 17.2 Å². The molecule has 0 aliphatic heterocycles. The van der Waals surface area contributed by atoms with Gasteiger partial charge in [-0.05, 0) is 66.3 Å². The van der Waals surface area contributed by atoms with Crippen LogP contribution in [-0.2, 0) is 6.42 Å². The first-order chi connectivity index (χ1) is 16.3. The highest BCUT2D eigenvalue weighted by molar-refractivity contribution is 5.99. The van der Waals surface area contributed by atoms with Crippen LogP contribution in [0.2, 0.25) is 0 Å². The summed E-state index contributed by atoms with van der Waals surface area (Å²) in [6, 6.07) is 11.0. The fourth-order valence-electron chi connectivity index (χ4n) is 3.61. The number of phenolic OH excluding ortho intramolecular Hbond substituents is 1. The number of aromatic amines is 1. The second-order valence-electron chi connectivity index (χ2n) is 9.51. The molecule has 0 unspecified atom stereocenters. The van der Waals surface area contributed by atoms with Crippen molar-refractivity contribution in [3.63, 3.8) is 0 Å². The maximum atomic E-state index is 12.7. The van der Waals surface area contributed by atoms with Crippen molar-refractivity contribution in [2.45, 2.75) is 59.8 Å². The number of carbonyl (C=O) groups is 1. The van der Waals surface area contributed by atoms with Gasteiger partial charge in [-0.15, -0.1) is 10.2 Å². The minimum Gasteiger partial charge on any atom is -0.507 e. The van der Waals surface area contributed by atoms with Gasteiger partial charge in [-0.2, -0.15) is 5.21 Å². The largest absolute Gasteiger partial charge is 0.507 e. The Morgan fingerprint density at radius 1 is 1.03 bits per heavy atom. The highest BCUT2D eigenvalue weighted by Gasteiger charge is 2.22. The number of aromatic nitrogens is 4. The molecule has 8 nitrogen and oxygen atoms in total. The normalized spacial score (nSPS) is 11.4. The van der Waals surface area contributed by atoms with Crippen LogP contribution >= 0.6 is 0 Å². The van der Waals surface area contributed by atoms with Crippen LogP contribution in [0.4, 0.5) is 0 Å². The zero-order valence-electron chi connectivity index (χ0n) is 20.4. The highest BCUT2D eigenvalue weighted by Crippen LogP contribution is 2.35. The molecule has 182 valence electrons. The first-order valence-electron chi connectivity index (χ1n) is 11.8. The molecule has 0 atom stereocenters. The molecule has 1 heterocycles. The summed E-state index contributed by atoms with van der Waals surface area (Å²) in [6.45, 7) is 9.16. The number of ether oxygens (including phenoxy) is 2. The van der Waals surface area contributed by atoms with Crippen LogP contribution in [0, 0.1) is 5.41 Å². The van der Waals surface area contributed by atoms with Crippen molar-refractivity contribution >= 4 is 5.78 Å². The average molecular weight is 467 g/mol. The Balaban J connectivity index is 1.48. The van der Waals surface area contributed by atoms with Gasteiger partial charge in [0.05, 0.1) is 18.8 Å². The Morgan fingerprint density at radius 3 is 2.35 bits per heavy atom. The smallest absolute Gasteiger partial charge is 0.204 e. The van der Waals surface area contributed by atoms with Crippen LogP contribution in [0.3, 0.4) is 0 Å². The number of rotatable bonds is 12. The van der Waals surface area contributed by atoms with Gasteiger partial charge in [0, 0.05) is 17.5 Å². The lowest BCUT2D eigenvalue weighted by Gasteiger charge is -2.19. The van der Waals surface area contributed by atoms with E-state index in [1.807, 2.05) is 58.0 Å². The van der Waals surface area contributed by atoms with Gasteiger partial charge >= 0.3 is 0 Å². The molecule has 2 N–H and O–H groups in total. The summed E-state index contributed by atoms with van der Waals surface area (Å²) in [4.78, 5) is 12.7. The zero-order valence-corrected chi connectivity index (χ0v) is 20.4. The van der Waals surface area contributed by atoms with Crippen molar-refractivity contribution in [3.05, 3.63) is 47.5 Å². The molecular formula is C26H34N4O4. The number of ketones is 1. The van der Waals surface area contributed by atoms with Crippen molar-refractivity contribution in [3.8, 4) is 28.6 Å². The minimum atomic E-state index is -0.137. The topological polar surface area (TPSA) is 110 Å². The van der Waals surface area contributed by atoms with Gasteiger partial charge in [0.2, 0.25) is 5.82 Å². The Bertz CT molecular complexity index is 1060. The third kappa shape index (κ3) is 7.04. The number of hydrogen-bond acceptors (Lipinski definition) is 7. The summed E-state index contributed by atoms with van der Waals surface area (Å²) in [5.74, 6) is 1.98. The second kappa shape index (κ2) is 11.6. The van der Waals surface area contributed by atoms with E-state index in [0.29, 0.717) is 48.8 Å². The summed E-state index contributed by atoms with van der Waals surface area (Å²) in [7, 11) is 0. The summed E-state index contributed by atoms with van der Waals surface area (Å²) >= 11 is 0. The molecule has 0 spiro atoms. The SMILES string of the molecule is CCCc1c(OCCCCOc2ccc(-c3nn[nH]n3)cc2)ccc(C(=O)CC(C)(C)C)c1O. The molecule has 8 heteroatoms. The van der Waals surface area contributed by atoms with E-state index in [1.54, 1.807) is 6.07 Å². The number of aromatic hydroxyl groups is 1. The van der Waals surface area contributed by atoms with E-state index in [-0.39, 0.29) is 16.9 Å². The molecule has 0 radical (unpaired) electrons. The predicted octanol–water partition coefficient (Wildman–Crippen LogP) is 5.38. The van der Waals surface area contributed by atoms with Crippen molar-refractivity contribution in [2.75, 3.05) is 13.2 Å². The van der Waals surface area contributed by atoms with Gasteiger partial charge < -0.3 is 14.6 Å². The number of tetrazole rings is 1. The summed E-state index contributed by atoms with van der Waals surface area (Å²) in [6.07, 6.45) is 3.51. The first kappa shape index (κ1) is 25.2. The lowest BCUT2D eigenvalue weighted by molar-refractivity contribution is 0.0937. The first-order valence-corrected chi connectivity index (χ1v) is 11.8. The third-order valence-corrected chi connectivity index (χ3v) is 5.25. The lowest BCUT2D eigenvalue weighted by atomic mass is 9.87.